The molecular weight excluding hydrogens is 388 g/mol. The van der Waals surface area contributed by atoms with E-state index in [1.54, 1.807) is 11.8 Å². The lowest BCUT2D eigenvalue weighted by Gasteiger charge is -2.26. The third-order valence-electron chi connectivity index (χ3n) is 4.49. The van der Waals surface area contributed by atoms with Crippen LogP contribution in [0.4, 0.5) is 11.5 Å². The summed E-state index contributed by atoms with van der Waals surface area (Å²) >= 11 is 1.80. The molecule has 3 aromatic rings. The van der Waals surface area contributed by atoms with Crippen molar-refractivity contribution in [3.8, 4) is 0 Å². The summed E-state index contributed by atoms with van der Waals surface area (Å²) in [5.74, 6) is 2.44. The Bertz CT molecular complexity index is 898. The van der Waals surface area contributed by atoms with Crippen molar-refractivity contribution in [1.82, 2.24) is 9.88 Å². The van der Waals surface area contributed by atoms with E-state index in [9.17, 15) is 0 Å². The molecular formula is C25H30N4S. The minimum absolute atomic E-state index is 0.549. The first-order valence-corrected chi connectivity index (χ1v) is 11.2. The van der Waals surface area contributed by atoms with Gasteiger partial charge in [-0.1, -0.05) is 73.3 Å². The second kappa shape index (κ2) is 11.5. The molecule has 0 bridgehead atoms. The molecule has 0 aliphatic heterocycles. The summed E-state index contributed by atoms with van der Waals surface area (Å²) in [7, 11) is 4.24. The van der Waals surface area contributed by atoms with Crippen molar-refractivity contribution in [2.24, 2.45) is 10.9 Å². The van der Waals surface area contributed by atoms with Crippen molar-refractivity contribution < 1.29 is 0 Å². The predicted octanol–water partition coefficient (Wildman–Crippen LogP) is 5.71. The molecule has 0 saturated carbocycles. The standard InChI is InChI=1S/C25H30N4S/c1-21(18-28(2)3)20-30-25(27-23-14-8-5-9-15-23)29(24-16-10-11-17-26-24)19-22-12-6-4-7-13-22/h4-17,21H,18-20H2,1-3H3. The zero-order chi connectivity index (χ0) is 21.2. The van der Waals surface area contributed by atoms with Crippen LogP contribution < -0.4 is 4.90 Å². The maximum absolute atomic E-state index is 5.03. The van der Waals surface area contributed by atoms with Crippen molar-refractivity contribution in [1.29, 1.82) is 0 Å². The first kappa shape index (κ1) is 22.1. The molecule has 0 fully saturated rings. The second-order valence-electron chi connectivity index (χ2n) is 7.67. The number of thioether (sulfide) groups is 1. The van der Waals surface area contributed by atoms with Gasteiger partial charge >= 0.3 is 0 Å². The Labute approximate surface area is 184 Å². The Morgan fingerprint density at radius 2 is 1.60 bits per heavy atom. The Hall–Kier alpha value is -2.63. The highest BCUT2D eigenvalue weighted by atomic mass is 32.2. The van der Waals surface area contributed by atoms with Gasteiger partial charge in [0.1, 0.15) is 5.82 Å². The number of aliphatic imine (C=N–C) groups is 1. The van der Waals surface area contributed by atoms with Crippen molar-refractivity contribution in [2.75, 3.05) is 31.3 Å². The average molecular weight is 419 g/mol. The molecule has 2 aromatic carbocycles. The summed E-state index contributed by atoms with van der Waals surface area (Å²) in [5.41, 5.74) is 2.18. The van der Waals surface area contributed by atoms with Crippen LogP contribution in [0.1, 0.15) is 12.5 Å². The number of anilines is 1. The van der Waals surface area contributed by atoms with Gasteiger partial charge in [-0.3, -0.25) is 0 Å². The first-order chi connectivity index (χ1) is 14.6. The number of aromatic nitrogens is 1. The monoisotopic (exact) mass is 418 g/mol. The number of rotatable bonds is 8. The van der Waals surface area contributed by atoms with E-state index >= 15 is 0 Å². The number of amidine groups is 1. The molecule has 30 heavy (non-hydrogen) atoms. The van der Waals surface area contributed by atoms with Crippen LogP contribution >= 0.6 is 11.8 Å². The van der Waals surface area contributed by atoms with Crippen LogP contribution in [0.5, 0.6) is 0 Å². The van der Waals surface area contributed by atoms with E-state index in [0.717, 1.165) is 35.5 Å². The minimum Gasteiger partial charge on any atom is -0.309 e. The van der Waals surface area contributed by atoms with E-state index in [2.05, 4.69) is 60.1 Å². The van der Waals surface area contributed by atoms with Crippen LogP contribution in [0, 0.1) is 5.92 Å². The van der Waals surface area contributed by atoms with E-state index < -0.39 is 0 Å². The summed E-state index contributed by atoms with van der Waals surface area (Å²) in [5, 5.41) is 0.967. The number of nitrogens with zero attached hydrogens (tertiary/aromatic N) is 4. The highest BCUT2D eigenvalue weighted by Crippen LogP contribution is 2.25. The lowest BCUT2D eigenvalue weighted by atomic mass is 10.2. The van der Waals surface area contributed by atoms with Crippen LogP contribution in [0.25, 0.3) is 0 Å². The highest BCUT2D eigenvalue weighted by Gasteiger charge is 2.18. The van der Waals surface area contributed by atoms with Crippen LogP contribution in [0.2, 0.25) is 0 Å². The molecule has 0 aliphatic rings. The number of hydrogen-bond acceptors (Lipinski definition) is 4. The van der Waals surface area contributed by atoms with Crippen LogP contribution in [-0.4, -0.2) is 41.4 Å². The maximum Gasteiger partial charge on any atom is 0.170 e. The van der Waals surface area contributed by atoms with Gasteiger partial charge in [0.15, 0.2) is 5.17 Å². The van der Waals surface area contributed by atoms with E-state index in [0.29, 0.717) is 5.92 Å². The summed E-state index contributed by atoms with van der Waals surface area (Å²) < 4.78 is 0. The fourth-order valence-electron chi connectivity index (χ4n) is 3.20. The largest absolute Gasteiger partial charge is 0.309 e. The van der Waals surface area contributed by atoms with Gasteiger partial charge in [0.25, 0.3) is 0 Å². The molecule has 1 aromatic heterocycles. The lowest BCUT2D eigenvalue weighted by Crippen LogP contribution is -2.30. The van der Waals surface area contributed by atoms with Gasteiger partial charge in [0.05, 0.1) is 12.2 Å². The third-order valence-corrected chi connectivity index (χ3v) is 5.80. The third kappa shape index (κ3) is 7.01. The number of pyridine rings is 1. The molecule has 1 atom stereocenters. The lowest BCUT2D eigenvalue weighted by molar-refractivity contribution is 0.357. The highest BCUT2D eigenvalue weighted by molar-refractivity contribution is 8.14. The van der Waals surface area contributed by atoms with Crippen molar-refractivity contribution in [3.05, 3.63) is 90.6 Å². The molecule has 1 unspecified atom stereocenters. The normalized spacial score (nSPS) is 12.7. The Morgan fingerprint density at radius 1 is 0.933 bits per heavy atom. The molecule has 0 saturated heterocycles. The van der Waals surface area contributed by atoms with Crippen molar-refractivity contribution >= 4 is 28.4 Å². The summed E-state index contributed by atoms with van der Waals surface area (Å²) in [6.07, 6.45) is 1.84. The summed E-state index contributed by atoms with van der Waals surface area (Å²) in [6, 6.07) is 26.7. The molecule has 0 N–H and O–H groups in total. The van der Waals surface area contributed by atoms with E-state index in [4.69, 9.17) is 4.99 Å². The fraction of sp³-hybridized carbons (Fsp3) is 0.280. The quantitative estimate of drug-likeness (QED) is 0.346. The zero-order valence-electron chi connectivity index (χ0n) is 18.0. The number of hydrogen-bond donors (Lipinski definition) is 0. The minimum atomic E-state index is 0.549. The van der Waals surface area contributed by atoms with Gasteiger partial charge in [-0.05, 0) is 49.8 Å². The van der Waals surface area contributed by atoms with Crippen LogP contribution in [-0.2, 0) is 6.54 Å². The molecule has 3 rings (SSSR count). The van der Waals surface area contributed by atoms with Gasteiger partial charge in [-0.2, -0.15) is 0 Å². The number of benzene rings is 2. The maximum atomic E-state index is 5.03. The van der Waals surface area contributed by atoms with Crippen molar-refractivity contribution in [2.45, 2.75) is 13.5 Å². The zero-order valence-corrected chi connectivity index (χ0v) is 18.8. The smallest absolute Gasteiger partial charge is 0.170 e. The van der Waals surface area contributed by atoms with Gasteiger partial charge in [0.2, 0.25) is 0 Å². The molecule has 0 aliphatic carbocycles. The number of para-hydroxylation sites is 1. The molecule has 0 amide bonds. The van der Waals surface area contributed by atoms with E-state index in [1.807, 2.05) is 60.8 Å². The molecule has 0 spiro atoms. The van der Waals surface area contributed by atoms with Gasteiger partial charge in [-0.25, -0.2) is 9.98 Å². The van der Waals surface area contributed by atoms with Gasteiger partial charge in [-0.15, -0.1) is 0 Å². The topological polar surface area (TPSA) is 31.7 Å². The average Bonchev–Trinajstić information content (AvgIpc) is 2.77. The van der Waals surface area contributed by atoms with Crippen LogP contribution in [0.15, 0.2) is 90.1 Å². The Kier molecular flexibility index (Phi) is 8.48. The fourth-order valence-corrected chi connectivity index (χ4v) is 4.23. The second-order valence-corrected chi connectivity index (χ2v) is 8.66. The molecule has 156 valence electrons. The SMILES string of the molecule is CC(CSC(=Nc1ccccc1)N(Cc1ccccc1)c1ccccn1)CN(C)C. The summed E-state index contributed by atoms with van der Waals surface area (Å²) in [6.45, 7) is 4.06. The molecule has 0 radical (unpaired) electrons. The van der Waals surface area contributed by atoms with E-state index in [-0.39, 0.29) is 0 Å². The first-order valence-electron chi connectivity index (χ1n) is 10.3. The van der Waals surface area contributed by atoms with Crippen LogP contribution in [0.3, 0.4) is 0 Å². The Balaban J connectivity index is 1.94. The predicted molar refractivity (Wildman–Crippen MR) is 131 cm³/mol. The van der Waals surface area contributed by atoms with E-state index in [1.165, 1.54) is 5.56 Å². The van der Waals surface area contributed by atoms with Gasteiger partial charge in [0, 0.05) is 18.5 Å². The molecule has 4 nitrogen and oxygen atoms in total. The van der Waals surface area contributed by atoms with Crippen molar-refractivity contribution in [3.63, 3.8) is 0 Å². The van der Waals surface area contributed by atoms with Gasteiger partial charge < -0.3 is 9.80 Å². The Morgan fingerprint density at radius 3 is 2.23 bits per heavy atom. The molecule has 5 heteroatoms. The molecule has 1 heterocycles. The summed E-state index contributed by atoms with van der Waals surface area (Å²) in [4.78, 5) is 14.1.